The fourth-order valence-corrected chi connectivity index (χ4v) is 10.6. The van der Waals surface area contributed by atoms with Crippen molar-refractivity contribution in [2.45, 2.75) is 39.5 Å². The largest absolute Gasteiger partial charge is 0.298 e. The molecule has 4 aromatic heterocycles. The summed E-state index contributed by atoms with van der Waals surface area (Å²) in [6.07, 6.45) is 10.3. The number of hydrogen-bond donors (Lipinski definition) is 0. The van der Waals surface area contributed by atoms with Gasteiger partial charge in [0.05, 0.1) is 16.6 Å². The Morgan fingerprint density at radius 1 is 0.419 bits per heavy atom. The van der Waals surface area contributed by atoms with Crippen LogP contribution >= 0.6 is 0 Å². The maximum absolute atomic E-state index is 5.00. The van der Waals surface area contributed by atoms with Crippen LogP contribution in [0.2, 0.25) is 0 Å². The molecule has 0 atom stereocenters. The van der Waals surface area contributed by atoms with Crippen molar-refractivity contribution >= 4 is 65.9 Å². The van der Waals surface area contributed by atoms with Crippen molar-refractivity contribution in [2.75, 3.05) is 0 Å². The number of nitrogens with zero attached hydrogens (tertiary/aromatic N) is 4. The molecular weight excluding hydrogens is 753 g/mol. The third-order valence-electron chi connectivity index (χ3n) is 13.7. The number of fused-ring (bicyclic) bond motifs is 11. The highest BCUT2D eigenvalue weighted by molar-refractivity contribution is 6.12. The molecule has 0 radical (unpaired) electrons. The van der Waals surface area contributed by atoms with Crippen LogP contribution in [0, 0.1) is 13.8 Å². The minimum absolute atomic E-state index is 0.941. The average molecular weight is 795 g/mol. The second-order valence-electron chi connectivity index (χ2n) is 17.5. The molecule has 0 spiro atoms. The average Bonchev–Trinajstić information content (AvgIpc) is 3.80. The summed E-state index contributed by atoms with van der Waals surface area (Å²) in [5.41, 5.74) is 19.2. The van der Waals surface area contributed by atoms with E-state index in [1.165, 1.54) is 121 Å². The van der Waals surface area contributed by atoms with E-state index in [2.05, 4.69) is 181 Å². The quantitative estimate of drug-likeness (QED) is 0.178. The van der Waals surface area contributed by atoms with Gasteiger partial charge in [-0.15, -0.1) is 0 Å². The zero-order valence-electron chi connectivity index (χ0n) is 34.8. The molecule has 2 aliphatic rings. The Balaban J connectivity index is 1.03. The van der Waals surface area contributed by atoms with E-state index in [4.69, 9.17) is 9.97 Å². The molecule has 0 bridgehead atoms. The Morgan fingerprint density at radius 2 is 0.968 bits per heavy atom. The third kappa shape index (κ3) is 5.46. The molecule has 4 heterocycles. The van der Waals surface area contributed by atoms with Gasteiger partial charge in [0.2, 0.25) is 0 Å². The van der Waals surface area contributed by atoms with Gasteiger partial charge in [-0.25, -0.2) is 9.97 Å². The maximum atomic E-state index is 5.00. The molecule has 0 N–H and O–H groups in total. The second-order valence-corrected chi connectivity index (χ2v) is 17.5. The van der Waals surface area contributed by atoms with Crippen molar-refractivity contribution in [1.29, 1.82) is 0 Å². The Kier molecular flexibility index (Phi) is 7.65. The van der Waals surface area contributed by atoms with Crippen molar-refractivity contribution in [3.8, 4) is 33.9 Å². The molecule has 7 aromatic carbocycles. The summed E-state index contributed by atoms with van der Waals surface area (Å²) in [5.74, 6) is 1.93. The van der Waals surface area contributed by atoms with Gasteiger partial charge in [-0.1, -0.05) is 78.9 Å². The lowest BCUT2D eigenvalue weighted by molar-refractivity contribution is 0.878. The zero-order chi connectivity index (χ0) is 41.1. The van der Waals surface area contributed by atoms with Gasteiger partial charge in [-0.05, 0) is 196 Å². The predicted octanol–water partition coefficient (Wildman–Crippen LogP) is 14.4. The van der Waals surface area contributed by atoms with E-state index < -0.39 is 0 Å². The molecule has 0 fully saturated rings. The van der Waals surface area contributed by atoms with Gasteiger partial charge < -0.3 is 0 Å². The van der Waals surface area contributed by atoms with Crippen molar-refractivity contribution in [3.05, 3.63) is 203 Å². The van der Waals surface area contributed by atoms with Crippen LogP contribution in [-0.2, 0) is 19.3 Å². The first-order valence-corrected chi connectivity index (χ1v) is 21.9. The molecule has 0 aliphatic heterocycles. The maximum Gasteiger partial charge on any atom is 0.137 e. The first-order chi connectivity index (χ1) is 30.5. The molecule has 294 valence electrons. The minimum atomic E-state index is 0.941. The van der Waals surface area contributed by atoms with Gasteiger partial charge in [-0.2, -0.15) is 0 Å². The van der Waals surface area contributed by atoms with Crippen LogP contribution in [0.4, 0.5) is 0 Å². The predicted molar refractivity (Wildman–Crippen MR) is 259 cm³/mol. The Labute approximate surface area is 360 Å². The van der Waals surface area contributed by atoms with Crippen molar-refractivity contribution in [3.63, 3.8) is 0 Å². The molecule has 4 heteroatoms. The Bertz CT molecular complexity index is 3730. The van der Waals surface area contributed by atoms with E-state index >= 15 is 0 Å². The third-order valence-corrected chi connectivity index (χ3v) is 13.7. The number of hydrogen-bond acceptors (Lipinski definition) is 2. The molecule has 2 aliphatic carbocycles. The van der Waals surface area contributed by atoms with Crippen LogP contribution in [0.3, 0.4) is 0 Å². The first kappa shape index (κ1) is 35.2. The molecule has 0 saturated heterocycles. The molecule has 11 aromatic rings. The van der Waals surface area contributed by atoms with Crippen LogP contribution in [0.15, 0.2) is 164 Å². The fourth-order valence-electron chi connectivity index (χ4n) is 10.6. The van der Waals surface area contributed by atoms with Gasteiger partial charge in [0, 0.05) is 39.8 Å². The lowest BCUT2D eigenvalue weighted by Crippen LogP contribution is -2.07. The topological polar surface area (TPSA) is 35.6 Å². The second kappa shape index (κ2) is 13.5. The van der Waals surface area contributed by atoms with Crippen LogP contribution in [0.25, 0.3) is 99.8 Å². The minimum Gasteiger partial charge on any atom is -0.298 e. The first-order valence-electron chi connectivity index (χ1n) is 21.9. The highest BCUT2D eigenvalue weighted by Gasteiger charge is 2.27. The SMILES string of the molecule is Cc1ccnc(-n2c3c(c4cc5c(cc42)-c2cc4c(cc2CC5)c2cc(-c5ccc6ccccc6c5)ccc2n4-c2cc(C)ccn2)C=C(c2ccc4ccccc4c2)CC3)c1. The van der Waals surface area contributed by atoms with E-state index in [-0.39, 0.29) is 0 Å². The summed E-state index contributed by atoms with van der Waals surface area (Å²) in [6, 6.07) is 56.6. The van der Waals surface area contributed by atoms with Crippen LogP contribution in [0.1, 0.15) is 45.5 Å². The highest BCUT2D eigenvalue weighted by Crippen LogP contribution is 2.46. The fraction of sp³-hybridized carbons (Fsp3) is 0.103. The smallest absolute Gasteiger partial charge is 0.137 e. The number of allylic oxidation sites excluding steroid dienone is 1. The summed E-state index contributed by atoms with van der Waals surface area (Å²) in [4.78, 5) is 9.98. The van der Waals surface area contributed by atoms with Crippen LogP contribution in [-0.4, -0.2) is 19.1 Å². The molecule has 0 unspecified atom stereocenters. The van der Waals surface area contributed by atoms with Crippen LogP contribution < -0.4 is 0 Å². The number of aromatic nitrogens is 4. The zero-order valence-corrected chi connectivity index (χ0v) is 34.8. The van der Waals surface area contributed by atoms with E-state index in [9.17, 15) is 0 Å². The number of benzene rings is 7. The van der Waals surface area contributed by atoms with E-state index in [0.717, 1.165) is 37.3 Å². The van der Waals surface area contributed by atoms with Gasteiger partial charge in [0.25, 0.3) is 0 Å². The molecular formula is C58H42N4. The van der Waals surface area contributed by atoms with Gasteiger partial charge in [-0.3, -0.25) is 9.13 Å². The van der Waals surface area contributed by atoms with Crippen molar-refractivity contribution in [1.82, 2.24) is 19.1 Å². The summed E-state index contributed by atoms with van der Waals surface area (Å²) in [7, 11) is 0. The van der Waals surface area contributed by atoms with E-state index in [1.807, 2.05) is 12.4 Å². The summed E-state index contributed by atoms with van der Waals surface area (Å²) in [6.45, 7) is 4.31. The summed E-state index contributed by atoms with van der Waals surface area (Å²) >= 11 is 0. The summed E-state index contributed by atoms with van der Waals surface area (Å²) < 4.78 is 4.84. The molecule has 0 amide bonds. The monoisotopic (exact) mass is 794 g/mol. The van der Waals surface area contributed by atoms with Crippen molar-refractivity contribution < 1.29 is 0 Å². The van der Waals surface area contributed by atoms with E-state index in [0.29, 0.717) is 0 Å². The normalized spacial score (nSPS) is 13.5. The molecule has 0 saturated carbocycles. The number of rotatable bonds is 4. The van der Waals surface area contributed by atoms with Gasteiger partial charge in [0.15, 0.2) is 0 Å². The van der Waals surface area contributed by atoms with Gasteiger partial charge >= 0.3 is 0 Å². The lowest BCUT2D eigenvalue weighted by Gasteiger charge is -2.21. The lowest BCUT2D eigenvalue weighted by atomic mass is 9.83. The molecule has 62 heavy (non-hydrogen) atoms. The van der Waals surface area contributed by atoms with E-state index in [1.54, 1.807) is 0 Å². The number of pyridine rings is 2. The molecule has 4 nitrogen and oxygen atoms in total. The van der Waals surface area contributed by atoms with Gasteiger partial charge in [0.1, 0.15) is 11.6 Å². The Hall–Kier alpha value is -7.56. The molecule has 13 rings (SSSR count). The van der Waals surface area contributed by atoms with Crippen molar-refractivity contribution in [2.24, 2.45) is 0 Å². The summed E-state index contributed by atoms with van der Waals surface area (Å²) in [5, 5.41) is 8.90. The Morgan fingerprint density at radius 3 is 1.65 bits per heavy atom. The standard InChI is InChI=1S/C58H42N4/c1-35-21-23-59-57(25-35)61-53-19-17-43(41-13-11-37-7-3-5-9-39(37)27-41)29-49(53)51-31-45-15-16-46-32-52-50-30-44(42-14-12-38-8-4-6-10-40(38)28-42)18-20-54(50)62(58-26-36(2)22-24-60-58)56(52)34-48(46)47(45)33-55(51)61/h3-14,17,19,21-34H,15-16,18,20H2,1-2H3. The number of aryl methyl sites for hydroxylation is 4. The van der Waals surface area contributed by atoms with Crippen LogP contribution in [0.5, 0.6) is 0 Å². The highest BCUT2D eigenvalue weighted by atomic mass is 15.1.